The van der Waals surface area contributed by atoms with Gasteiger partial charge in [0.05, 0.1) is 35.6 Å². The van der Waals surface area contributed by atoms with Crippen molar-refractivity contribution < 1.29 is 19.4 Å². The van der Waals surface area contributed by atoms with Gasteiger partial charge in [-0.25, -0.2) is 9.97 Å². The van der Waals surface area contributed by atoms with Crippen LogP contribution in [0.15, 0.2) is 42.5 Å². The number of rotatable bonds is 7. The third-order valence-electron chi connectivity index (χ3n) is 5.45. The lowest BCUT2D eigenvalue weighted by molar-refractivity contribution is -0.137. The van der Waals surface area contributed by atoms with Crippen molar-refractivity contribution in [2.75, 3.05) is 26.3 Å². The van der Waals surface area contributed by atoms with Crippen molar-refractivity contribution in [2.24, 2.45) is 0 Å². The molecule has 1 aliphatic rings. The number of nitrogens with zero attached hydrogens (tertiary/aromatic N) is 3. The minimum absolute atomic E-state index is 0.0400. The van der Waals surface area contributed by atoms with E-state index < -0.39 is 5.97 Å². The summed E-state index contributed by atoms with van der Waals surface area (Å²) in [5, 5.41) is 9.55. The highest BCUT2D eigenvalue weighted by Crippen LogP contribution is 2.27. The van der Waals surface area contributed by atoms with E-state index in [1.807, 2.05) is 18.2 Å². The molecule has 0 bridgehead atoms. The molecule has 1 fully saturated rings. The lowest BCUT2D eigenvalue weighted by Gasteiger charge is -2.26. The molecule has 0 aliphatic carbocycles. The summed E-state index contributed by atoms with van der Waals surface area (Å²) in [5.41, 5.74) is 4.34. The quantitative estimate of drug-likeness (QED) is 0.538. The maximum atomic E-state index is 12.9. The van der Waals surface area contributed by atoms with Crippen LogP contribution in [0, 0.1) is 0 Å². The van der Waals surface area contributed by atoms with E-state index in [1.54, 1.807) is 29.2 Å². The third kappa shape index (κ3) is 5.23. The highest BCUT2D eigenvalue weighted by Gasteiger charge is 2.20. The number of carboxylic acids is 1. The lowest BCUT2D eigenvalue weighted by atomic mass is 10.0. The molecule has 0 saturated carbocycles. The van der Waals surface area contributed by atoms with E-state index in [0.29, 0.717) is 67.2 Å². The number of hydrogen-bond acceptors (Lipinski definition) is 5. The number of carboxylic acid groups (broad SMARTS) is 1. The lowest BCUT2D eigenvalue weighted by Crippen LogP contribution is -2.40. The van der Waals surface area contributed by atoms with E-state index in [-0.39, 0.29) is 12.3 Å². The van der Waals surface area contributed by atoms with Gasteiger partial charge < -0.3 is 14.7 Å². The molecule has 0 atom stereocenters. The Balaban J connectivity index is 1.67. The number of aryl methyl sites for hydroxylation is 1. The Morgan fingerprint density at radius 2 is 1.75 bits per heavy atom. The van der Waals surface area contributed by atoms with Crippen LogP contribution in [0.2, 0.25) is 5.02 Å². The molecule has 0 spiro atoms. The van der Waals surface area contributed by atoms with E-state index in [4.69, 9.17) is 31.4 Å². The smallest absolute Gasteiger partial charge is 0.303 e. The van der Waals surface area contributed by atoms with Crippen LogP contribution < -0.4 is 0 Å². The second-order valence-corrected chi connectivity index (χ2v) is 8.17. The van der Waals surface area contributed by atoms with Crippen LogP contribution in [-0.4, -0.2) is 58.2 Å². The zero-order chi connectivity index (χ0) is 22.5. The molecule has 1 aliphatic heterocycles. The van der Waals surface area contributed by atoms with Gasteiger partial charge in [0.2, 0.25) is 0 Å². The van der Waals surface area contributed by atoms with Gasteiger partial charge in [-0.2, -0.15) is 0 Å². The second-order valence-electron chi connectivity index (χ2n) is 7.73. The Morgan fingerprint density at radius 1 is 1.00 bits per heavy atom. The number of ether oxygens (including phenoxy) is 1. The number of hydrogen-bond donors (Lipinski definition) is 1. The molecule has 1 N–H and O–H groups in total. The first-order chi connectivity index (χ1) is 15.5. The fraction of sp³-hybridized carbons (Fsp3) is 0.333. The third-order valence-corrected chi connectivity index (χ3v) is 5.71. The summed E-state index contributed by atoms with van der Waals surface area (Å²) in [4.78, 5) is 35.2. The number of fused-ring (bicyclic) bond motifs is 1. The minimum atomic E-state index is -0.807. The van der Waals surface area contributed by atoms with Crippen molar-refractivity contribution in [3.8, 4) is 11.3 Å². The standard InChI is InChI=1S/C24H24ClN3O4/c25-18-8-5-16(6-9-18)23-20(3-1-2-4-22(29)30)26-21-15-17(7-10-19(21)27-23)24(31)28-11-13-32-14-12-28/h5-10,15H,1-4,11-14H2,(H,29,30). The van der Waals surface area contributed by atoms with Gasteiger partial charge in [0, 0.05) is 35.7 Å². The molecular formula is C24H24ClN3O4. The van der Waals surface area contributed by atoms with Crippen LogP contribution in [0.1, 0.15) is 35.3 Å². The van der Waals surface area contributed by atoms with E-state index in [1.165, 1.54) is 0 Å². The number of benzene rings is 2. The Kier molecular flexibility index (Phi) is 6.97. The number of aliphatic carboxylic acids is 1. The van der Waals surface area contributed by atoms with Crippen LogP contribution >= 0.6 is 11.6 Å². The Bertz CT molecular complexity index is 1130. The Morgan fingerprint density at radius 3 is 2.47 bits per heavy atom. The van der Waals surface area contributed by atoms with Crippen molar-refractivity contribution >= 4 is 34.5 Å². The van der Waals surface area contributed by atoms with Crippen LogP contribution in [0.4, 0.5) is 0 Å². The highest BCUT2D eigenvalue weighted by atomic mass is 35.5. The van der Waals surface area contributed by atoms with Crippen molar-refractivity contribution in [3.05, 3.63) is 58.7 Å². The van der Waals surface area contributed by atoms with Crippen molar-refractivity contribution in [1.29, 1.82) is 0 Å². The zero-order valence-corrected chi connectivity index (χ0v) is 18.3. The summed E-state index contributed by atoms with van der Waals surface area (Å²) in [5.74, 6) is -0.847. The molecule has 2 heterocycles. The number of carbonyl (C=O) groups is 2. The number of carbonyl (C=O) groups excluding carboxylic acids is 1. The minimum Gasteiger partial charge on any atom is -0.481 e. The summed E-state index contributed by atoms with van der Waals surface area (Å²) in [6.07, 6.45) is 1.95. The van der Waals surface area contributed by atoms with Gasteiger partial charge >= 0.3 is 5.97 Å². The summed E-state index contributed by atoms with van der Waals surface area (Å²) in [7, 11) is 0. The van der Waals surface area contributed by atoms with Gasteiger partial charge in [-0.15, -0.1) is 0 Å². The van der Waals surface area contributed by atoms with Crippen LogP contribution in [0.5, 0.6) is 0 Å². The molecule has 1 aromatic heterocycles. The molecule has 3 aromatic rings. The van der Waals surface area contributed by atoms with Crippen LogP contribution in [-0.2, 0) is 16.0 Å². The predicted molar refractivity (Wildman–Crippen MR) is 122 cm³/mol. The summed E-state index contributed by atoms with van der Waals surface area (Å²) < 4.78 is 5.33. The topological polar surface area (TPSA) is 92.6 Å². The predicted octanol–water partition coefficient (Wildman–Crippen LogP) is 4.22. The van der Waals surface area contributed by atoms with Gasteiger partial charge in [0.25, 0.3) is 5.91 Å². The summed E-state index contributed by atoms with van der Waals surface area (Å²) in [6, 6.07) is 12.8. The Labute approximate surface area is 191 Å². The van der Waals surface area contributed by atoms with Crippen molar-refractivity contribution in [1.82, 2.24) is 14.9 Å². The maximum absolute atomic E-state index is 12.9. The number of unbranched alkanes of at least 4 members (excludes halogenated alkanes) is 1. The van der Waals surface area contributed by atoms with Crippen molar-refractivity contribution in [2.45, 2.75) is 25.7 Å². The fourth-order valence-corrected chi connectivity index (χ4v) is 3.88. The van der Waals surface area contributed by atoms with E-state index in [2.05, 4.69) is 0 Å². The monoisotopic (exact) mass is 453 g/mol. The molecule has 0 unspecified atom stereocenters. The molecular weight excluding hydrogens is 430 g/mol. The first-order valence-electron chi connectivity index (χ1n) is 10.7. The fourth-order valence-electron chi connectivity index (χ4n) is 3.75. The molecule has 0 radical (unpaired) electrons. The SMILES string of the molecule is O=C(O)CCCCc1nc2cc(C(=O)N3CCOCC3)ccc2nc1-c1ccc(Cl)cc1. The average molecular weight is 454 g/mol. The van der Waals surface area contributed by atoms with Gasteiger partial charge in [0.1, 0.15) is 0 Å². The number of aromatic nitrogens is 2. The van der Waals surface area contributed by atoms with E-state index in [0.717, 1.165) is 17.0 Å². The number of morpholine rings is 1. The maximum Gasteiger partial charge on any atom is 0.303 e. The van der Waals surface area contributed by atoms with Crippen LogP contribution in [0.3, 0.4) is 0 Å². The zero-order valence-electron chi connectivity index (χ0n) is 17.6. The Hall–Kier alpha value is -3.03. The molecule has 1 saturated heterocycles. The van der Waals surface area contributed by atoms with Gasteiger partial charge in [-0.05, 0) is 49.6 Å². The first kappa shape index (κ1) is 22.2. The molecule has 4 rings (SSSR count). The largest absolute Gasteiger partial charge is 0.481 e. The number of amides is 1. The summed E-state index contributed by atoms with van der Waals surface area (Å²) in [6.45, 7) is 2.24. The second kappa shape index (κ2) is 10.1. The number of halogens is 1. The summed E-state index contributed by atoms with van der Waals surface area (Å²) >= 11 is 6.04. The average Bonchev–Trinajstić information content (AvgIpc) is 2.81. The molecule has 2 aromatic carbocycles. The first-order valence-corrected chi connectivity index (χ1v) is 11.0. The highest BCUT2D eigenvalue weighted by molar-refractivity contribution is 6.30. The molecule has 1 amide bonds. The molecule has 166 valence electrons. The van der Waals surface area contributed by atoms with Crippen LogP contribution in [0.25, 0.3) is 22.3 Å². The molecule has 32 heavy (non-hydrogen) atoms. The van der Waals surface area contributed by atoms with Crippen molar-refractivity contribution in [3.63, 3.8) is 0 Å². The van der Waals surface area contributed by atoms with Gasteiger partial charge in [-0.3, -0.25) is 9.59 Å². The van der Waals surface area contributed by atoms with Gasteiger partial charge in [-0.1, -0.05) is 23.7 Å². The normalized spacial score (nSPS) is 14.0. The molecule has 7 nitrogen and oxygen atoms in total. The van der Waals surface area contributed by atoms with Gasteiger partial charge in [0.15, 0.2) is 0 Å². The molecule has 8 heteroatoms. The van der Waals surface area contributed by atoms with E-state index in [9.17, 15) is 9.59 Å². The van der Waals surface area contributed by atoms with E-state index >= 15 is 0 Å².